The van der Waals surface area contributed by atoms with Gasteiger partial charge in [-0.2, -0.15) is 0 Å². The maximum absolute atomic E-state index is 14.6. The van der Waals surface area contributed by atoms with Crippen LogP contribution in [0.25, 0.3) is 0 Å². The lowest BCUT2D eigenvalue weighted by Crippen LogP contribution is -2.41. The maximum Gasteiger partial charge on any atom is 0.340 e. The Labute approximate surface area is 192 Å². The number of aromatic nitrogens is 1. The van der Waals surface area contributed by atoms with E-state index in [2.05, 4.69) is 4.90 Å². The molecule has 0 bridgehead atoms. The molecule has 5 rings (SSSR count). The van der Waals surface area contributed by atoms with Gasteiger partial charge in [-0.1, -0.05) is 11.6 Å². The molecule has 170 valence electrons. The third-order valence-corrected chi connectivity index (χ3v) is 6.88. The Morgan fingerprint density at radius 3 is 2.69 bits per heavy atom. The van der Waals surface area contributed by atoms with Crippen LogP contribution in [0, 0.1) is 5.82 Å². The molecule has 5 nitrogen and oxygen atoms in total. The number of carbonyl (C=O) groups excluding carboxylic acids is 1. The molecule has 1 atom stereocenters. The fraction of sp³-hybridized carbons (Fsp3) is 0.520. The summed E-state index contributed by atoms with van der Waals surface area (Å²) in [7, 11) is 1.27. The van der Waals surface area contributed by atoms with E-state index in [1.165, 1.54) is 26.0 Å². The highest BCUT2D eigenvalue weighted by atomic mass is 35.5. The lowest BCUT2D eigenvalue weighted by molar-refractivity contribution is 0.0594. The molecule has 1 saturated heterocycles. The fourth-order valence-electron chi connectivity index (χ4n) is 4.55. The average Bonchev–Trinajstić information content (AvgIpc) is 3.68. The Kier molecular flexibility index (Phi) is 6.08. The summed E-state index contributed by atoms with van der Waals surface area (Å²) in [6.45, 7) is 2.49. The molecule has 1 aromatic heterocycles. The summed E-state index contributed by atoms with van der Waals surface area (Å²) in [4.78, 5) is 19.1. The molecule has 0 N–H and O–H groups in total. The minimum absolute atomic E-state index is 0.0210. The van der Waals surface area contributed by atoms with E-state index in [1.807, 2.05) is 12.1 Å². The second-order valence-corrected chi connectivity index (χ2v) is 9.60. The number of esters is 1. The first-order valence-corrected chi connectivity index (χ1v) is 11.9. The van der Waals surface area contributed by atoms with Crippen molar-refractivity contribution in [3.8, 4) is 5.75 Å². The number of methoxy groups -OCH3 is 1. The number of nitrogens with zero attached hydrogens (tertiary/aromatic N) is 2. The molecule has 32 heavy (non-hydrogen) atoms. The number of piperidine rings is 1. The molecule has 0 amide bonds. The number of hydrogen-bond donors (Lipinski definition) is 0. The van der Waals surface area contributed by atoms with Crippen LogP contribution in [0.3, 0.4) is 0 Å². The molecular weight excluding hydrogens is 431 g/mol. The number of pyridine rings is 1. The molecule has 1 aromatic carbocycles. The van der Waals surface area contributed by atoms with Gasteiger partial charge in [0.25, 0.3) is 0 Å². The standard InChI is InChI=1S/C25H28ClFN2O3/c1-31-25(30)20-11-19(15-4-5-15)23(12-22(20)27)32-18-3-2-10-29(14-18)13-17-8-9-21(26)24(28-17)16-6-7-16/h8-9,11-12,15-16,18H,2-7,10,13-14H2,1H3. The van der Waals surface area contributed by atoms with Crippen molar-refractivity contribution in [1.29, 1.82) is 0 Å². The van der Waals surface area contributed by atoms with Crippen LogP contribution in [0.1, 0.15) is 77.7 Å². The zero-order valence-corrected chi connectivity index (χ0v) is 19.0. The van der Waals surface area contributed by atoms with Crippen LogP contribution < -0.4 is 4.74 Å². The van der Waals surface area contributed by atoms with Crippen molar-refractivity contribution in [3.63, 3.8) is 0 Å². The summed E-state index contributed by atoms with van der Waals surface area (Å²) in [5.74, 6) is 0.157. The van der Waals surface area contributed by atoms with Crippen molar-refractivity contribution in [1.82, 2.24) is 9.88 Å². The first-order chi connectivity index (χ1) is 15.5. The van der Waals surface area contributed by atoms with Crippen LogP contribution in [-0.2, 0) is 11.3 Å². The van der Waals surface area contributed by atoms with Crippen LogP contribution in [0.2, 0.25) is 5.02 Å². The smallest absolute Gasteiger partial charge is 0.340 e. The van der Waals surface area contributed by atoms with Crippen LogP contribution in [0.5, 0.6) is 5.75 Å². The van der Waals surface area contributed by atoms with Crippen molar-refractivity contribution in [3.05, 3.63) is 57.6 Å². The van der Waals surface area contributed by atoms with E-state index < -0.39 is 11.8 Å². The van der Waals surface area contributed by atoms with E-state index in [-0.39, 0.29) is 11.7 Å². The van der Waals surface area contributed by atoms with Gasteiger partial charge in [0.1, 0.15) is 17.7 Å². The topological polar surface area (TPSA) is 51.7 Å². The van der Waals surface area contributed by atoms with Gasteiger partial charge in [0.2, 0.25) is 0 Å². The van der Waals surface area contributed by atoms with Crippen LogP contribution in [0.15, 0.2) is 24.3 Å². The Bertz CT molecular complexity index is 1020. The summed E-state index contributed by atoms with van der Waals surface area (Å²) in [6, 6.07) is 6.95. The van der Waals surface area contributed by atoms with E-state index in [4.69, 9.17) is 26.1 Å². The fourth-order valence-corrected chi connectivity index (χ4v) is 4.81. The van der Waals surface area contributed by atoms with Crippen LogP contribution >= 0.6 is 11.6 Å². The molecule has 3 fully saturated rings. The van der Waals surface area contributed by atoms with Gasteiger partial charge in [-0.3, -0.25) is 9.88 Å². The summed E-state index contributed by atoms with van der Waals surface area (Å²) >= 11 is 6.33. The molecule has 0 radical (unpaired) electrons. The Hall–Kier alpha value is -2.18. The molecule has 2 aromatic rings. The van der Waals surface area contributed by atoms with Crippen LogP contribution in [-0.4, -0.2) is 42.2 Å². The van der Waals surface area contributed by atoms with Gasteiger partial charge in [0.15, 0.2) is 0 Å². The summed E-state index contributed by atoms with van der Waals surface area (Å²) in [6.07, 6.45) is 6.31. The second-order valence-electron chi connectivity index (χ2n) is 9.20. The number of carbonyl (C=O) groups is 1. The SMILES string of the molecule is COC(=O)c1cc(C2CC2)c(OC2CCCN(Cc3ccc(Cl)c(C4CC4)n3)C2)cc1F. The van der Waals surface area contributed by atoms with E-state index in [1.54, 1.807) is 6.07 Å². The normalized spacial score (nSPS) is 21.4. The summed E-state index contributed by atoms with van der Waals surface area (Å²) in [5, 5.41) is 0.765. The zero-order valence-electron chi connectivity index (χ0n) is 18.3. The molecule has 7 heteroatoms. The highest BCUT2D eigenvalue weighted by Crippen LogP contribution is 2.46. The number of halogens is 2. The van der Waals surface area contributed by atoms with E-state index in [0.29, 0.717) is 17.6 Å². The quantitative estimate of drug-likeness (QED) is 0.516. The minimum atomic E-state index is -0.652. The van der Waals surface area contributed by atoms with E-state index in [0.717, 1.165) is 67.3 Å². The third-order valence-electron chi connectivity index (χ3n) is 6.56. The number of rotatable bonds is 7. The number of hydrogen-bond acceptors (Lipinski definition) is 5. The first-order valence-electron chi connectivity index (χ1n) is 11.5. The van der Waals surface area contributed by atoms with Gasteiger partial charge < -0.3 is 9.47 Å². The van der Waals surface area contributed by atoms with Gasteiger partial charge in [-0.05, 0) is 74.8 Å². The highest BCUT2D eigenvalue weighted by molar-refractivity contribution is 6.31. The molecule has 3 aliphatic rings. The first kappa shape index (κ1) is 21.7. The summed E-state index contributed by atoms with van der Waals surface area (Å²) in [5.41, 5.74) is 2.96. The Balaban J connectivity index is 1.29. The number of ether oxygens (including phenoxy) is 2. The minimum Gasteiger partial charge on any atom is -0.489 e. The largest absolute Gasteiger partial charge is 0.489 e. The lowest BCUT2D eigenvalue weighted by Gasteiger charge is -2.33. The van der Waals surface area contributed by atoms with Crippen molar-refractivity contribution in [2.24, 2.45) is 0 Å². The third kappa shape index (κ3) is 4.76. The Morgan fingerprint density at radius 2 is 1.97 bits per heavy atom. The maximum atomic E-state index is 14.6. The second kappa shape index (κ2) is 8.99. The van der Waals surface area contributed by atoms with Crippen molar-refractivity contribution < 1.29 is 18.7 Å². The van der Waals surface area contributed by atoms with Crippen molar-refractivity contribution in [2.45, 2.75) is 63.0 Å². The highest BCUT2D eigenvalue weighted by Gasteiger charge is 2.32. The predicted octanol–water partition coefficient (Wildman–Crippen LogP) is 5.46. The summed E-state index contributed by atoms with van der Waals surface area (Å²) < 4.78 is 25.6. The predicted molar refractivity (Wildman–Crippen MR) is 120 cm³/mol. The van der Waals surface area contributed by atoms with Gasteiger partial charge in [0, 0.05) is 25.1 Å². The average molecular weight is 459 g/mol. The lowest BCUT2D eigenvalue weighted by atomic mass is 10.0. The molecule has 1 aliphatic heterocycles. The van der Waals surface area contributed by atoms with Gasteiger partial charge in [-0.25, -0.2) is 9.18 Å². The molecule has 1 unspecified atom stereocenters. The van der Waals surface area contributed by atoms with Gasteiger partial charge >= 0.3 is 5.97 Å². The van der Waals surface area contributed by atoms with Crippen molar-refractivity contribution >= 4 is 17.6 Å². The van der Waals surface area contributed by atoms with Gasteiger partial charge in [-0.15, -0.1) is 0 Å². The number of likely N-dealkylation sites (tertiary alicyclic amines) is 1. The van der Waals surface area contributed by atoms with Crippen LogP contribution in [0.4, 0.5) is 4.39 Å². The van der Waals surface area contributed by atoms with Gasteiger partial charge in [0.05, 0.1) is 29.1 Å². The van der Waals surface area contributed by atoms with E-state index in [9.17, 15) is 9.18 Å². The van der Waals surface area contributed by atoms with E-state index >= 15 is 0 Å². The zero-order chi connectivity index (χ0) is 22.2. The Morgan fingerprint density at radius 1 is 1.19 bits per heavy atom. The molecule has 2 aliphatic carbocycles. The number of benzene rings is 1. The molecule has 2 saturated carbocycles. The van der Waals surface area contributed by atoms with Crippen molar-refractivity contribution in [2.75, 3.05) is 20.2 Å². The molecule has 0 spiro atoms. The molecule has 2 heterocycles. The monoisotopic (exact) mass is 458 g/mol. The molecular formula is C25H28ClFN2O3.